The van der Waals surface area contributed by atoms with Gasteiger partial charge in [-0.3, -0.25) is 23.9 Å². The van der Waals surface area contributed by atoms with Crippen LogP contribution in [0, 0.1) is 0 Å². The first-order valence-electron chi connectivity index (χ1n) is 16.2. The Morgan fingerprint density at radius 2 is 1.42 bits per heavy atom. The number of hydrogen-bond acceptors (Lipinski definition) is 12. The summed E-state index contributed by atoms with van der Waals surface area (Å²) < 4.78 is 54.2. The number of phosphoric acid groups is 3. The predicted molar refractivity (Wildman–Crippen MR) is 189 cm³/mol. The normalized spacial score (nSPS) is 24.2. The maximum absolute atomic E-state index is 12.4. The van der Waals surface area contributed by atoms with Gasteiger partial charge in [-0.15, -0.1) is 0 Å². The number of phosphoric ester groups is 1. The lowest BCUT2D eigenvalue weighted by molar-refractivity contribution is -0.142. The van der Waals surface area contributed by atoms with Crippen LogP contribution in [0.1, 0.15) is 79.6 Å². The van der Waals surface area contributed by atoms with Crippen LogP contribution < -0.4 is 11.2 Å². The standard InChI is InChI=1S/C30H47N4O15P3/c1-19(2)9-6-10-20(3)11-7-12-21(4)13-8-14-22(5)15-16-30(34-18-31-24-27(34)32-29(38)33-28(24)37)26(36)25(35)23(47-30)17-46-51(42,43)49-52(44,45)48-50(39,40)41/h9,11,13,15,18,23,25-26,35-36H,6-8,10,12,14,16-17H2,1-5H3,(H,42,43)(H,44,45)(H2,39,40,41)(H2,32,33,37,38)/b20-11+,21-13?,22-15+/t23-,25-,26-,30-/m1/s1. The molecule has 2 aromatic heterocycles. The highest BCUT2D eigenvalue weighted by atomic mass is 31.3. The molecule has 0 amide bonds. The van der Waals surface area contributed by atoms with Gasteiger partial charge >= 0.3 is 29.2 Å². The summed E-state index contributed by atoms with van der Waals surface area (Å²) in [5, 5.41) is 22.4. The number of imidazole rings is 1. The number of rotatable bonds is 19. The summed E-state index contributed by atoms with van der Waals surface area (Å²) in [5.41, 5.74) is 0.524. The van der Waals surface area contributed by atoms with Gasteiger partial charge in [0, 0.05) is 6.42 Å². The highest BCUT2D eigenvalue weighted by Crippen LogP contribution is 2.66. The second kappa shape index (κ2) is 18.2. The number of aromatic nitrogens is 4. The molecule has 1 fully saturated rings. The van der Waals surface area contributed by atoms with E-state index in [1.54, 1.807) is 6.08 Å². The Bertz CT molecular complexity index is 1960. The molecule has 0 spiro atoms. The summed E-state index contributed by atoms with van der Waals surface area (Å²) in [6.07, 6.45) is 8.96. The van der Waals surface area contributed by atoms with Crippen molar-refractivity contribution in [1.82, 2.24) is 19.5 Å². The van der Waals surface area contributed by atoms with Crippen molar-refractivity contribution in [1.29, 1.82) is 0 Å². The fourth-order valence-electron chi connectivity index (χ4n) is 5.47. The first-order valence-corrected chi connectivity index (χ1v) is 20.7. The highest BCUT2D eigenvalue weighted by Gasteiger charge is 2.56. The second-order valence-electron chi connectivity index (χ2n) is 12.8. The third-order valence-corrected chi connectivity index (χ3v) is 11.9. The highest BCUT2D eigenvalue weighted by molar-refractivity contribution is 7.66. The summed E-state index contributed by atoms with van der Waals surface area (Å²) in [6.45, 7) is 9.10. The van der Waals surface area contributed by atoms with Crippen LogP contribution in [0.25, 0.3) is 11.2 Å². The van der Waals surface area contributed by atoms with Crippen molar-refractivity contribution in [3.8, 4) is 0 Å². The molecule has 2 aromatic rings. The second-order valence-corrected chi connectivity index (χ2v) is 17.2. The van der Waals surface area contributed by atoms with Gasteiger partial charge < -0.3 is 34.5 Å². The van der Waals surface area contributed by atoms with Crippen LogP contribution in [0.3, 0.4) is 0 Å². The number of ether oxygens (including phenoxy) is 1. The molecule has 6 atom stereocenters. The number of nitrogens with one attached hydrogen (secondary N) is 2. The average molecular weight is 797 g/mol. The quantitative estimate of drug-likeness (QED) is 0.0734. The molecule has 22 heteroatoms. The molecule has 8 N–H and O–H groups in total. The Hall–Kier alpha value is -2.60. The summed E-state index contributed by atoms with van der Waals surface area (Å²) >= 11 is 0. The zero-order chi connectivity index (χ0) is 39.1. The van der Waals surface area contributed by atoms with Crippen molar-refractivity contribution in [2.75, 3.05) is 6.61 Å². The molecule has 0 radical (unpaired) electrons. The summed E-state index contributed by atoms with van der Waals surface area (Å²) in [6, 6.07) is 0. The SMILES string of the molecule is CC(C)=CCC/C(C)=C/CCC(C)=CCC/C(C)=C/C[C@@]1(n2cnc3c(=O)[nH]c(=O)[nH]c32)O[C@H](COP(=O)(O)OP(=O)(O)OP(=O)(O)O)[C@@H](O)[C@H]1O. The third-order valence-electron chi connectivity index (χ3n) is 8.09. The number of H-pyrrole nitrogens is 2. The molecular formula is C30H47N4O15P3. The van der Waals surface area contributed by atoms with Crippen molar-refractivity contribution in [2.24, 2.45) is 0 Å². The monoisotopic (exact) mass is 796 g/mol. The molecule has 0 aromatic carbocycles. The van der Waals surface area contributed by atoms with Crippen LogP contribution in [-0.2, 0) is 37.3 Å². The Morgan fingerprint density at radius 1 is 0.865 bits per heavy atom. The van der Waals surface area contributed by atoms with E-state index in [-0.39, 0.29) is 17.6 Å². The van der Waals surface area contributed by atoms with E-state index in [4.69, 9.17) is 14.5 Å². The van der Waals surface area contributed by atoms with Gasteiger partial charge in [-0.2, -0.15) is 8.62 Å². The number of fused-ring (bicyclic) bond motifs is 1. The van der Waals surface area contributed by atoms with Crippen LogP contribution in [0.5, 0.6) is 0 Å². The maximum Gasteiger partial charge on any atom is 0.490 e. The van der Waals surface area contributed by atoms with Crippen LogP contribution in [0.15, 0.2) is 62.5 Å². The zero-order valence-electron chi connectivity index (χ0n) is 29.4. The zero-order valence-corrected chi connectivity index (χ0v) is 32.1. The molecule has 0 bridgehead atoms. The topological polar surface area (TPSA) is 293 Å². The predicted octanol–water partition coefficient (Wildman–Crippen LogP) is 4.07. The molecular weight excluding hydrogens is 749 g/mol. The van der Waals surface area contributed by atoms with Gasteiger partial charge in [0.15, 0.2) is 11.2 Å². The molecule has 1 aliphatic rings. The molecule has 19 nitrogen and oxygen atoms in total. The number of aliphatic hydroxyl groups is 2. The number of hydrogen-bond donors (Lipinski definition) is 8. The van der Waals surface area contributed by atoms with Crippen LogP contribution >= 0.6 is 23.5 Å². The maximum atomic E-state index is 12.4. The van der Waals surface area contributed by atoms with E-state index in [1.165, 1.54) is 16.7 Å². The molecule has 0 saturated carbocycles. The minimum absolute atomic E-state index is 0.181. The molecule has 2 unspecified atom stereocenters. The van der Waals surface area contributed by atoms with E-state index < -0.39 is 65.4 Å². The molecule has 1 aliphatic heterocycles. The molecule has 3 rings (SSSR count). The van der Waals surface area contributed by atoms with Crippen molar-refractivity contribution < 1.29 is 61.4 Å². The molecule has 3 heterocycles. The van der Waals surface area contributed by atoms with Crippen molar-refractivity contribution in [3.05, 3.63) is 73.8 Å². The minimum Gasteiger partial charge on any atom is -0.387 e. The van der Waals surface area contributed by atoms with Gasteiger partial charge in [0.25, 0.3) is 5.56 Å². The first kappa shape index (κ1) is 43.8. The summed E-state index contributed by atoms with van der Waals surface area (Å²) in [4.78, 5) is 69.9. The lowest BCUT2D eigenvalue weighted by Crippen LogP contribution is -2.45. The Labute approximate surface area is 299 Å². The Kier molecular flexibility index (Phi) is 15.3. The van der Waals surface area contributed by atoms with Gasteiger partial charge in [-0.25, -0.2) is 23.5 Å². The fraction of sp³-hybridized carbons (Fsp3) is 0.567. The summed E-state index contributed by atoms with van der Waals surface area (Å²) in [7, 11) is -17.1. The first-order chi connectivity index (χ1) is 24.0. The van der Waals surface area contributed by atoms with E-state index in [1.807, 2.05) is 11.9 Å². The molecule has 1 saturated heterocycles. The van der Waals surface area contributed by atoms with E-state index >= 15 is 0 Å². The van der Waals surface area contributed by atoms with Gasteiger partial charge in [0.2, 0.25) is 0 Å². The molecule has 52 heavy (non-hydrogen) atoms. The lowest BCUT2D eigenvalue weighted by Gasteiger charge is -2.33. The van der Waals surface area contributed by atoms with Crippen molar-refractivity contribution in [2.45, 2.75) is 104 Å². The lowest BCUT2D eigenvalue weighted by atomic mass is 9.97. The van der Waals surface area contributed by atoms with Crippen molar-refractivity contribution >= 4 is 34.6 Å². The van der Waals surface area contributed by atoms with Gasteiger partial charge in [-0.05, 0) is 73.1 Å². The molecule has 292 valence electrons. The average Bonchev–Trinajstić information content (AvgIpc) is 3.52. The van der Waals surface area contributed by atoms with Crippen LogP contribution in [-0.4, -0.2) is 74.2 Å². The van der Waals surface area contributed by atoms with Crippen LogP contribution in [0.2, 0.25) is 0 Å². The van der Waals surface area contributed by atoms with E-state index in [0.717, 1.165) is 42.2 Å². The van der Waals surface area contributed by atoms with Crippen molar-refractivity contribution in [3.63, 3.8) is 0 Å². The number of aromatic amines is 2. The van der Waals surface area contributed by atoms with Gasteiger partial charge in [0.1, 0.15) is 24.0 Å². The Morgan fingerprint density at radius 3 is 1.98 bits per heavy atom. The van der Waals surface area contributed by atoms with Crippen LogP contribution in [0.4, 0.5) is 0 Å². The smallest absolute Gasteiger partial charge is 0.387 e. The minimum atomic E-state index is -5.83. The van der Waals surface area contributed by atoms with Gasteiger partial charge in [0.05, 0.1) is 12.9 Å². The third kappa shape index (κ3) is 12.8. The fourth-order valence-corrected chi connectivity index (χ4v) is 8.50. The van der Waals surface area contributed by atoms with E-state index in [0.29, 0.717) is 12.8 Å². The number of aliphatic hydroxyl groups excluding tert-OH is 2. The number of nitrogens with zero attached hydrogens (tertiary/aromatic N) is 2. The largest absolute Gasteiger partial charge is 0.490 e. The molecule has 0 aliphatic carbocycles. The van der Waals surface area contributed by atoms with Gasteiger partial charge in [-0.1, -0.05) is 46.6 Å². The Balaban J connectivity index is 1.79. The summed E-state index contributed by atoms with van der Waals surface area (Å²) in [5.74, 6) is 0. The van der Waals surface area contributed by atoms with E-state index in [9.17, 15) is 43.3 Å². The van der Waals surface area contributed by atoms with E-state index in [2.05, 4.69) is 69.0 Å². The number of allylic oxidation sites excluding steroid dienone is 7.